The normalized spacial score (nSPS) is 10.7. The molecule has 0 aliphatic carbocycles. The molecule has 1 aromatic heterocycles. The summed E-state index contributed by atoms with van der Waals surface area (Å²) in [6.07, 6.45) is 0. The molecule has 122 valence electrons. The Morgan fingerprint density at radius 1 is 1.33 bits per heavy atom. The Balaban J connectivity index is 1.62. The van der Waals surface area contributed by atoms with Gasteiger partial charge in [0.15, 0.2) is 5.16 Å². The average Bonchev–Trinajstić information content (AvgIpc) is 2.95. The van der Waals surface area contributed by atoms with Crippen LogP contribution >= 0.6 is 23.4 Å². The summed E-state index contributed by atoms with van der Waals surface area (Å²) in [4.78, 5) is 29.6. The summed E-state index contributed by atoms with van der Waals surface area (Å²) in [5, 5.41) is 14.6. The Labute approximate surface area is 145 Å². The summed E-state index contributed by atoms with van der Waals surface area (Å²) in [6, 6.07) is 11.1. The second-order valence-corrected chi connectivity index (χ2v) is 6.25. The largest absolute Gasteiger partial charge is 0.333 e. The molecule has 0 bridgehead atoms. The minimum Gasteiger partial charge on any atom is -0.333 e. The first-order valence-electron chi connectivity index (χ1n) is 6.83. The molecule has 0 saturated heterocycles. The van der Waals surface area contributed by atoms with Crippen molar-refractivity contribution in [1.82, 2.24) is 9.97 Å². The lowest BCUT2D eigenvalue weighted by Gasteiger charge is -2.03. The number of hydrogen-bond donors (Lipinski definition) is 2. The van der Waals surface area contributed by atoms with E-state index in [2.05, 4.69) is 15.3 Å². The number of carbonyl (C=O) groups is 1. The summed E-state index contributed by atoms with van der Waals surface area (Å²) in [5.74, 6) is -0.157. The first-order valence-corrected chi connectivity index (χ1v) is 8.20. The van der Waals surface area contributed by atoms with E-state index in [9.17, 15) is 14.9 Å². The van der Waals surface area contributed by atoms with Gasteiger partial charge in [-0.25, -0.2) is 4.98 Å². The zero-order valence-corrected chi connectivity index (χ0v) is 13.7. The SMILES string of the molecule is O=C(CSc1nc2ccc(Cl)cc2[nH]1)Nc1cccc([N+](=O)[O-])c1. The van der Waals surface area contributed by atoms with Gasteiger partial charge < -0.3 is 10.3 Å². The minimum absolute atomic E-state index is 0.0744. The highest BCUT2D eigenvalue weighted by Crippen LogP contribution is 2.23. The van der Waals surface area contributed by atoms with Gasteiger partial charge in [-0.2, -0.15) is 0 Å². The molecule has 7 nitrogen and oxygen atoms in total. The van der Waals surface area contributed by atoms with Crippen LogP contribution in [0.25, 0.3) is 11.0 Å². The number of nitro groups is 1. The second kappa shape index (κ2) is 6.90. The van der Waals surface area contributed by atoms with Gasteiger partial charge in [-0.15, -0.1) is 0 Å². The van der Waals surface area contributed by atoms with Crippen LogP contribution in [0.1, 0.15) is 0 Å². The maximum atomic E-state index is 12.0. The number of anilines is 1. The van der Waals surface area contributed by atoms with E-state index in [-0.39, 0.29) is 17.3 Å². The van der Waals surface area contributed by atoms with E-state index in [1.807, 2.05) is 0 Å². The summed E-state index contributed by atoms with van der Waals surface area (Å²) < 4.78 is 0. The molecule has 0 saturated carbocycles. The van der Waals surface area contributed by atoms with Crippen molar-refractivity contribution < 1.29 is 9.72 Å². The van der Waals surface area contributed by atoms with Gasteiger partial charge in [0.25, 0.3) is 5.69 Å². The van der Waals surface area contributed by atoms with Crippen molar-refractivity contribution in [1.29, 1.82) is 0 Å². The predicted molar refractivity (Wildman–Crippen MR) is 93.6 cm³/mol. The molecule has 1 heterocycles. The van der Waals surface area contributed by atoms with Crippen molar-refractivity contribution in [2.45, 2.75) is 5.16 Å². The third-order valence-corrected chi connectivity index (χ3v) is 4.21. The van der Waals surface area contributed by atoms with Crippen LogP contribution in [0.15, 0.2) is 47.6 Å². The van der Waals surface area contributed by atoms with E-state index in [0.29, 0.717) is 15.9 Å². The van der Waals surface area contributed by atoms with Gasteiger partial charge in [0.2, 0.25) is 5.91 Å². The number of carbonyl (C=O) groups excluding carboxylic acids is 1. The van der Waals surface area contributed by atoms with Gasteiger partial charge in [-0.1, -0.05) is 29.4 Å². The molecule has 9 heteroatoms. The molecular weight excluding hydrogens is 352 g/mol. The molecule has 3 aromatic rings. The van der Waals surface area contributed by atoms with Crippen LogP contribution in [0, 0.1) is 10.1 Å². The number of aromatic amines is 1. The highest BCUT2D eigenvalue weighted by Gasteiger charge is 2.10. The van der Waals surface area contributed by atoms with Crippen LogP contribution in [0.3, 0.4) is 0 Å². The zero-order valence-electron chi connectivity index (χ0n) is 12.2. The number of nitrogens with one attached hydrogen (secondary N) is 2. The fourth-order valence-corrected chi connectivity index (χ4v) is 2.91. The minimum atomic E-state index is -0.510. The van der Waals surface area contributed by atoms with Gasteiger partial charge in [0.05, 0.1) is 21.7 Å². The summed E-state index contributed by atoms with van der Waals surface area (Å²) in [6.45, 7) is 0. The molecule has 0 aliphatic rings. The van der Waals surface area contributed by atoms with E-state index in [1.54, 1.807) is 24.3 Å². The Morgan fingerprint density at radius 3 is 2.96 bits per heavy atom. The highest BCUT2D eigenvalue weighted by atomic mass is 35.5. The number of fused-ring (bicyclic) bond motifs is 1. The third kappa shape index (κ3) is 3.84. The Hall–Kier alpha value is -2.58. The van der Waals surface area contributed by atoms with Gasteiger partial charge in [-0.05, 0) is 24.3 Å². The number of imidazole rings is 1. The smallest absolute Gasteiger partial charge is 0.271 e. The first kappa shape index (κ1) is 16.3. The monoisotopic (exact) mass is 362 g/mol. The van der Waals surface area contributed by atoms with Crippen LogP contribution in [-0.4, -0.2) is 26.6 Å². The number of non-ortho nitro benzene ring substituents is 1. The zero-order chi connectivity index (χ0) is 17.1. The average molecular weight is 363 g/mol. The standard InChI is InChI=1S/C15H11ClN4O3S/c16-9-4-5-12-13(6-9)19-15(18-12)24-8-14(21)17-10-2-1-3-11(7-10)20(22)23/h1-7H,8H2,(H,17,21)(H,18,19). The number of halogens is 1. The molecule has 2 N–H and O–H groups in total. The molecular formula is C15H11ClN4O3S. The quantitative estimate of drug-likeness (QED) is 0.407. The molecule has 0 unspecified atom stereocenters. The lowest BCUT2D eigenvalue weighted by molar-refractivity contribution is -0.384. The predicted octanol–water partition coefficient (Wildman–Crippen LogP) is 3.86. The Bertz CT molecular complexity index is 928. The van der Waals surface area contributed by atoms with Gasteiger partial charge in [0, 0.05) is 22.8 Å². The van der Waals surface area contributed by atoms with Crippen LogP contribution < -0.4 is 5.32 Å². The number of hydrogen-bond acceptors (Lipinski definition) is 5. The third-order valence-electron chi connectivity index (χ3n) is 3.10. The molecule has 1 amide bonds. The second-order valence-electron chi connectivity index (χ2n) is 4.85. The highest BCUT2D eigenvalue weighted by molar-refractivity contribution is 7.99. The van der Waals surface area contributed by atoms with E-state index in [1.165, 1.54) is 30.0 Å². The summed E-state index contributed by atoms with van der Waals surface area (Å²) in [7, 11) is 0. The number of amides is 1. The number of H-pyrrole nitrogens is 1. The number of nitrogens with zero attached hydrogens (tertiary/aromatic N) is 2. The Kier molecular flexibility index (Phi) is 4.68. The molecule has 0 atom stereocenters. The lowest BCUT2D eigenvalue weighted by atomic mass is 10.3. The van der Waals surface area contributed by atoms with Crippen molar-refractivity contribution in [3.05, 3.63) is 57.6 Å². The molecule has 0 aliphatic heterocycles. The van der Waals surface area contributed by atoms with Crippen LogP contribution in [0.5, 0.6) is 0 Å². The number of rotatable bonds is 5. The fourth-order valence-electron chi connectivity index (χ4n) is 2.06. The number of benzene rings is 2. The maximum Gasteiger partial charge on any atom is 0.271 e. The molecule has 0 radical (unpaired) electrons. The van der Waals surface area contributed by atoms with Crippen LogP contribution in [-0.2, 0) is 4.79 Å². The lowest BCUT2D eigenvalue weighted by Crippen LogP contribution is -2.14. The maximum absolute atomic E-state index is 12.0. The van der Waals surface area contributed by atoms with Gasteiger partial charge in [-0.3, -0.25) is 14.9 Å². The van der Waals surface area contributed by atoms with Crippen LogP contribution in [0.4, 0.5) is 11.4 Å². The van der Waals surface area contributed by atoms with Crippen molar-refractivity contribution >= 4 is 51.7 Å². The van der Waals surface area contributed by atoms with Crippen molar-refractivity contribution in [3.8, 4) is 0 Å². The van der Waals surface area contributed by atoms with Crippen molar-refractivity contribution in [2.75, 3.05) is 11.1 Å². The van der Waals surface area contributed by atoms with E-state index in [0.717, 1.165) is 11.0 Å². The fraction of sp³-hybridized carbons (Fsp3) is 0.0667. The Morgan fingerprint density at radius 2 is 2.17 bits per heavy atom. The number of thioether (sulfide) groups is 1. The number of aromatic nitrogens is 2. The topological polar surface area (TPSA) is 101 Å². The molecule has 24 heavy (non-hydrogen) atoms. The number of nitro benzene ring substituents is 1. The molecule has 3 rings (SSSR count). The van der Waals surface area contributed by atoms with E-state index in [4.69, 9.17) is 11.6 Å². The molecule has 0 fully saturated rings. The summed E-state index contributed by atoms with van der Waals surface area (Å²) >= 11 is 7.15. The van der Waals surface area contributed by atoms with Gasteiger partial charge in [0.1, 0.15) is 0 Å². The van der Waals surface area contributed by atoms with Crippen LogP contribution in [0.2, 0.25) is 5.02 Å². The van der Waals surface area contributed by atoms with Crippen molar-refractivity contribution in [2.24, 2.45) is 0 Å². The van der Waals surface area contributed by atoms with E-state index >= 15 is 0 Å². The molecule has 2 aromatic carbocycles. The van der Waals surface area contributed by atoms with Crippen molar-refractivity contribution in [3.63, 3.8) is 0 Å². The molecule has 0 spiro atoms. The van der Waals surface area contributed by atoms with E-state index < -0.39 is 4.92 Å². The van der Waals surface area contributed by atoms with Gasteiger partial charge >= 0.3 is 0 Å². The first-order chi connectivity index (χ1) is 11.5. The summed E-state index contributed by atoms with van der Waals surface area (Å²) in [5.41, 5.74) is 1.87.